The summed E-state index contributed by atoms with van der Waals surface area (Å²) >= 11 is 0. The van der Waals surface area contributed by atoms with Gasteiger partial charge in [0.05, 0.1) is 6.04 Å². The van der Waals surface area contributed by atoms with Gasteiger partial charge in [0.1, 0.15) is 11.4 Å². The summed E-state index contributed by atoms with van der Waals surface area (Å²) in [6, 6.07) is 4.92. The van der Waals surface area contributed by atoms with Crippen molar-refractivity contribution >= 4 is 22.9 Å². The number of ether oxygens (including phenoxy) is 1. The maximum absolute atomic E-state index is 13.8. The van der Waals surface area contributed by atoms with Crippen LogP contribution in [0.15, 0.2) is 18.2 Å². The number of benzene rings is 1. The monoisotopic (exact) mass is 485 g/mol. The number of nitrogens with one attached hydrogen (secondary N) is 2. The number of nitrogens with zero attached hydrogens (tertiary/aromatic N) is 1. The maximum Gasteiger partial charge on any atom is 0.407 e. The smallest absolute Gasteiger partial charge is 0.407 e. The van der Waals surface area contributed by atoms with Crippen LogP contribution in [0.2, 0.25) is 0 Å². The van der Waals surface area contributed by atoms with Gasteiger partial charge in [0.15, 0.2) is 0 Å². The van der Waals surface area contributed by atoms with Gasteiger partial charge in [-0.05, 0) is 94.9 Å². The number of hydrogen-bond donors (Lipinski definition) is 2. The van der Waals surface area contributed by atoms with Crippen LogP contribution < -0.4 is 5.32 Å². The van der Waals surface area contributed by atoms with E-state index in [4.69, 9.17) is 4.74 Å². The molecule has 7 heteroatoms. The third kappa shape index (κ3) is 5.99. The summed E-state index contributed by atoms with van der Waals surface area (Å²) in [5.41, 5.74) is 2.62. The van der Waals surface area contributed by atoms with Crippen molar-refractivity contribution in [2.75, 3.05) is 13.1 Å². The molecule has 1 aromatic heterocycles. The van der Waals surface area contributed by atoms with E-state index in [1.54, 1.807) is 6.07 Å². The molecule has 0 saturated heterocycles. The summed E-state index contributed by atoms with van der Waals surface area (Å²) in [4.78, 5) is 31.2. The standard InChI is InChI=1S/C28H40FN3O3/c1-17(2)14-24-25-22(21-11-10-20(29)15-23(21)31-25)12-13-32(24)26(33)19-8-6-18(7-9-19)16-30-27(34)35-28(3,4)5/h10-11,15,17-19,24,31H,6-9,12-14,16H2,1-5H3,(H,30,34). The Labute approximate surface area is 208 Å². The Morgan fingerprint density at radius 2 is 1.91 bits per heavy atom. The zero-order valence-corrected chi connectivity index (χ0v) is 21.7. The second kappa shape index (κ2) is 10.2. The minimum atomic E-state index is -0.506. The van der Waals surface area contributed by atoms with Crippen molar-refractivity contribution in [3.63, 3.8) is 0 Å². The van der Waals surface area contributed by atoms with Crippen LogP contribution in [0, 0.1) is 23.6 Å². The van der Waals surface area contributed by atoms with Crippen LogP contribution in [-0.4, -0.2) is 40.6 Å². The molecule has 1 unspecified atom stereocenters. The highest BCUT2D eigenvalue weighted by molar-refractivity contribution is 5.86. The van der Waals surface area contributed by atoms with Crippen molar-refractivity contribution in [3.8, 4) is 0 Å². The molecule has 0 bridgehead atoms. The third-order valence-electron chi connectivity index (χ3n) is 7.32. The SMILES string of the molecule is CC(C)CC1c2[nH]c3cc(F)ccc3c2CCN1C(=O)C1CCC(CNC(=O)OC(C)(C)C)CC1. The van der Waals surface area contributed by atoms with Crippen LogP contribution >= 0.6 is 0 Å². The summed E-state index contributed by atoms with van der Waals surface area (Å²) < 4.78 is 19.2. The molecule has 6 nitrogen and oxygen atoms in total. The maximum atomic E-state index is 13.8. The fraction of sp³-hybridized carbons (Fsp3) is 0.643. The highest BCUT2D eigenvalue weighted by Crippen LogP contribution is 2.40. The molecular formula is C28H40FN3O3. The Hall–Kier alpha value is -2.57. The first-order valence-electron chi connectivity index (χ1n) is 13.1. The topological polar surface area (TPSA) is 74.4 Å². The molecule has 2 amide bonds. The predicted octanol–water partition coefficient (Wildman–Crippen LogP) is 6.11. The van der Waals surface area contributed by atoms with E-state index in [1.807, 2.05) is 26.8 Å². The molecule has 0 spiro atoms. The average molecular weight is 486 g/mol. The van der Waals surface area contributed by atoms with Crippen molar-refractivity contribution in [1.82, 2.24) is 15.2 Å². The van der Waals surface area contributed by atoms with E-state index < -0.39 is 5.60 Å². The molecule has 1 aliphatic carbocycles. The van der Waals surface area contributed by atoms with Gasteiger partial charge in [0.25, 0.3) is 0 Å². The van der Waals surface area contributed by atoms with E-state index >= 15 is 0 Å². The van der Waals surface area contributed by atoms with Gasteiger partial charge in [-0.3, -0.25) is 4.79 Å². The van der Waals surface area contributed by atoms with Gasteiger partial charge in [-0.15, -0.1) is 0 Å². The van der Waals surface area contributed by atoms with Gasteiger partial charge in [-0.25, -0.2) is 9.18 Å². The van der Waals surface area contributed by atoms with E-state index in [0.717, 1.165) is 55.1 Å². The average Bonchev–Trinajstić information content (AvgIpc) is 3.14. The lowest BCUT2D eigenvalue weighted by atomic mass is 9.80. The Balaban J connectivity index is 1.41. The van der Waals surface area contributed by atoms with Crippen molar-refractivity contribution in [2.45, 2.75) is 84.8 Å². The Morgan fingerprint density at radius 3 is 2.57 bits per heavy atom. The number of hydrogen-bond acceptors (Lipinski definition) is 3. The minimum absolute atomic E-state index is 0.00623. The molecule has 2 heterocycles. The fourth-order valence-electron chi connectivity index (χ4n) is 5.69. The predicted molar refractivity (Wildman–Crippen MR) is 136 cm³/mol. The van der Waals surface area contributed by atoms with E-state index in [0.29, 0.717) is 24.9 Å². The lowest BCUT2D eigenvalue weighted by Crippen LogP contribution is -2.45. The third-order valence-corrected chi connectivity index (χ3v) is 7.32. The first-order chi connectivity index (χ1) is 16.5. The molecule has 4 rings (SSSR count). The van der Waals surface area contributed by atoms with Crippen LogP contribution in [0.5, 0.6) is 0 Å². The van der Waals surface area contributed by atoms with Crippen LogP contribution in [-0.2, 0) is 16.0 Å². The number of carbonyl (C=O) groups excluding carboxylic acids is 2. The number of alkyl carbamates (subject to hydrolysis) is 1. The summed E-state index contributed by atoms with van der Waals surface area (Å²) in [5.74, 6) is 0.812. The van der Waals surface area contributed by atoms with Gasteiger partial charge in [0, 0.05) is 35.6 Å². The molecule has 2 N–H and O–H groups in total. The lowest BCUT2D eigenvalue weighted by Gasteiger charge is -2.40. The summed E-state index contributed by atoms with van der Waals surface area (Å²) in [7, 11) is 0. The summed E-state index contributed by atoms with van der Waals surface area (Å²) in [5, 5.41) is 3.95. The highest BCUT2D eigenvalue weighted by Gasteiger charge is 2.37. The lowest BCUT2D eigenvalue weighted by molar-refractivity contribution is -0.140. The van der Waals surface area contributed by atoms with Crippen LogP contribution in [0.1, 0.15) is 84.0 Å². The Morgan fingerprint density at radius 1 is 1.20 bits per heavy atom. The van der Waals surface area contributed by atoms with Crippen molar-refractivity contribution in [1.29, 1.82) is 0 Å². The largest absolute Gasteiger partial charge is 0.444 e. The number of halogens is 1. The molecule has 2 aromatic rings. The Kier molecular flexibility index (Phi) is 7.43. The molecule has 1 aliphatic heterocycles. The van der Waals surface area contributed by atoms with Crippen molar-refractivity contribution < 1.29 is 18.7 Å². The van der Waals surface area contributed by atoms with E-state index in [2.05, 4.69) is 29.0 Å². The molecule has 192 valence electrons. The number of amides is 2. The molecule has 1 aromatic carbocycles. The molecule has 0 radical (unpaired) electrons. The van der Waals surface area contributed by atoms with Gasteiger partial charge < -0.3 is 19.9 Å². The molecule has 1 fully saturated rings. The summed E-state index contributed by atoms with van der Waals surface area (Å²) in [6.45, 7) is 11.2. The summed E-state index contributed by atoms with van der Waals surface area (Å²) in [6.07, 6.45) is 4.82. The van der Waals surface area contributed by atoms with E-state index in [-0.39, 0.29) is 29.8 Å². The number of aromatic amines is 1. The van der Waals surface area contributed by atoms with E-state index in [9.17, 15) is 14.0 Å². The number of carbonyl (C=O) groups is 2. The van der Waals surface area contributed by atoms with Crippen LogP contribution in [0.4, 0.5) is 9.18 Å². The second-order valence-electron chi connectivity index (χ2n) is 11.7. The number of rotatable bonds is 5. The first kappa shape index (κ1) is 25.5. The van der Waals surface area contributed by atoms with Crippen LogP contribution in [0.25, 0.3) is 10.9 Å². The molecule has 1 saturated carbocycles. The van der Waals surface area contributed by atoms with Gasteiger partial charge >= 0.3 is 6.09 Å². The Bertz CT molecular complexity index is 1060. The second-order valence-corrected chi connectivity index (χ2v) is 11.7. The quantitative estimate of drug-likeness (QED) is 0.537. The molecular weight excluding hydrogens is 445 g/mol. The van der Waals surface area contributed by atoms with Crippen molar-refractivity contribution in [2.24, 2.45) is 17.8 Å². The fourth-order valence-corrected chi connectivity index (χ4v) is 5.69. The zero-order valence-electron chi connectivity index (χ0n) is 21.7. The van der Waals surface area contributed by atoms with E-state index in [1.165, 1.54) is 11.6 Å². The van der Waals surface area contributed by atoms with Gasteiger partial charge in [-0.2, -0.15) is 0 Å². The van der Waals surface area contributed by atoms with Crippen LogP contribution in [0.3, 0.4) is 0 Å². The normalized spacial score (nSPS) is 22.8. The van der Waals surface area contributed by atoms with Gasteiger partial charge in [-0.1, -0.05) is 13.8 Å². The zero-order chi connectivity index (χ0) is 25.3. The molecule has 1 atom stereocenters. The number of H-pyrrole nitrogens is 1. The first-order valence-corrected chi connectivity index (χ1v) is 13.1. The highest BCUT2D eigenvalue weighted by atomic mass is 19.1. The number of fused-ring (bicyclic) bond motifs is 3. The van der Waals surface area contributed by atoms with Crippen molar-refractivity contribution in [3.05, 3.63) is 35.3 Å². The van der Waals surface area contributed by atoms with Gasteiger partial charge in [0.2, 0.25) is 5.91 Å². The molecule has 2 aliphatic rings. The minimum Gasteiger partial charge on any atom is -0.444 e. The number of aromatic nitrogens is 1. The molecule has 35 heavy (non-hydrogen) atoms.